The second-order valence-corrected chi connectivity index (χ2v) is 3.93. The molecule has 0 N–H and O–H groups in total. The molecule has 0 atom stereocenters. The lowest BCUT2D eigenvalue weighted by Gasteiger charge is -2.00. The molecule has 3 heteroatoms. The van der Waals surface area contributed by atoms with Crippen molar-refractivity contribution in [1.29, 1.82) is 0 Å². The lowest BCUT2D eigenvalue weighted by atomic mass is 10.1. The van der Waals surface area contributed by atoms with E-state index in [0.29, 0.717) is 27.0 Å². The Bertz CT molecular complexity index is 744. The molecule has 0 saturated carbocycles. The zero-order valence-corrected chi connectivity index (χ0v) is 8.91. The lowest BCUT2D eigenvalue weighted by molar-refractivity contribution is 0.660. The van der Waals surface area contributed by atoms with Crippen molar-refractivity contribution in [1.82, 2.24) is 0 Å². The van der Waals surface area contributed by atoms with Gasteiger partial charge in [0.05, 0.1) is 10.8 Å². The second kappa shape index (κ2) is 3.35. The number of fused-ring (bicyclic) bond motifs is 2. The molecule has 0 aliphatic heterocycles. The molecular weight excluding hydrogens is 224 g/mol. The van der Waals surface area contributed by atoms with E-state index in [2.05, 4.69) is 6.07 Å². The Morgan fingerprint density at radius 2 is 2.00 bits per heavy atom. The van der Waals surface area contributed by atoms with Gasteiger partial charge >= 0.3 is 0 Å². The molecule has 3 rings (SSSR count). The van der Waals surface area contributed by atoms with Crippen molar-refractivity contribution < 1.29 is 4.42 Å². The van der Waals surface area contributed by atoms with E-state index in [9.17, 15) is 4.79 Å². The predicted octanol–water partition coefficient (Wildman–Crippen LogP) is 3.40. The minimum absolute atomic E-state index is 0.0511. The number of rotatable bonds is 0. The predicted molar refractivity (Wildman–Crippen MR) is 63.8 cm³/mol. The molecule has 0 aliphatic carbocycles. The fourth-order valence-electron chi connectivity index (χ4n) is 1.71. The van der Waals surface area contributed by atoms with E-state index in [1.165, 1.54) is 0 Å². The van der Waals surface area contributed by atoms with E-state index in [1.807, 2.05) is 0 Å². The van der Waals surface area contributed by atoms with Crippen molar-refractivity contribution in [3.8, 4) is 0 Å². The number of hydrogen-bond acceptors (Lipinski definition) is 2. The molecule has 1 radical (unpaired) electrons. The molecule has 0 unspecified atom stereocenters. The summed E-state index contributed by atoms with van der Waals surface area (Å²) >= 11 is 5.85. The van der Waals surface area contributed by atoms with Crippen LogP contribution in [0.5, 0.6) is 0 Å². The average molecular weight is 230 g/mol. The normalized spacial score (nSPS) is 11.1. The van der Waals surface area contributed by atoms with E-state index in [1.54, 1.807) is 36.4 Å². The zero-order valence-electron chi connectivity index (χ0n) is 8.16. The molecule has 0 fully saturated rings. The fourth-order valence-corrected chi connectivity index (χ4v) is 1.88. The maximum atomic E-state index is 12.1. The highest BCUT2D eigenvalue weighted by Crippen LogP contribution is 2.21. The van der Waals surface area contributed by atoms with Crippen molar-refractivity contribution in [3.63, 3.8) is 0 Å². The van der Waals surface area contributed by atoms with Crippen LogP contribution in [0.3, 0.4) is 0 Å². The summed E-state index contributed by atoms with van der Waals surface area (Å²) in [5.74, 6) is 0. The third kappa shape index (κ3) is 1.31. The van der Waals surface area contributed by atoms with Crippen molar-refractivity contribution in [3.05, 3.63) is 57.7 Å². The smallest absolute Gasteiger partial charge is 0.200 e. The van der Waals surface area contributed by atoms with Crippen LogP contribution in [0.4, 0.5) is 0 Å². The lowest BCUT2D eigenvalue weighted by Crippen LogP contribution is -2.01. The van der Waals surface area contributed by atoms with Crippen LogP contribution in [0.1, 0.15) is 0 Å². The zero-order chi connectivity index (χ0) is 11.1. The van der Waals surface area contributed by atoms with E-state index in [0.717, 1.165) is 0 Å². The molecule has 1 heterocycles. The summed E-state index contributed by atoms with van der Waals surface area (Å²) in [6.07, 6.45) is 0. The topological polar surface area (TPSA) is 30.2 Å². The van der Waals surface area contributed by atoms with Gasteiger partial charge in [-0.25, -0.2) is 0 Å². The molecule has 16 heavy (non-hydrogen) atoms. The van der Waals surface area contributed by atoms with E-state index in [-0.39, 0.29) is 5.43 Å². The van der Waals surface area contributed by atoms with Crippen molar-refractivity contribution in [2.45, 2.75) is 0 Å². The summed E-state index contributed by atoms with van der Waals surface area (Å²) in [5, 5.41) is 1.63. The molecule has 2 aromatic carbocycles. The van der Waals surface area contributed by atoms with Gasteiger partial charge in [0.15, 0.2) is 0 Å². The molecule has 0 saturated heterocycles. The molecule has 0 bridgehead atoms. The summed E-state index contributed by atoms with van der Waals surface area (Å²) in [7, 11) is 0. The van der Waals surface area contributed by atoms with Gasteiger partial charge in [0.25, 0.3) is 0 Å². The summed E-state index contributed by atoms with van der Waals surface area (Å²) in [6.45, 7) is 0. The average Bonchev–Trinajstić information content (AvgIpc) is 2.29. The van der Waals surface area contributed by atoms with Gasteiger partial charge in [-0.05, 0) is 30.3 Å². The second-order valence-electron chi connectivity index (χ2n) is 3.49. The number of hydrogen-bond donors (Lipinski definition) is 0. The first-order valence-corrected chi connectivity index (χ1v) is 5.16. The standard InChI is InChI=1S/C13H6ClO2/c14-8-5-6-10-12(7-8)16-11-4-2-1-3-9(11)13(10)15/h2-7H. The van der Waals surface area contributed by atoms with Gasteiger partial charge in [0.2, 0.25) is 5.43 Å². The number of halogens is 1. The van der Waals surface area contributed by atoms with E-state index in [4.69, 9.17) is 16.0 Å². The molecule has 2 nitrogen and oxygen atoms in total. The van der Waals surface area contributed by atoms with Crippen molar-refractivity contribution >= 4 is 33.5 Å². The minimum Gasteiger partial charge on any atom is -0.456 e. The maximum absolute atomic E-state index is 12.1. The van der Waals surface area contributed by atoms with Crippen LogP contribution in [0, 0.1) is 6.07 Å². The molecule has 0 aliphatic rings. The molecule has 0 spiro atoms. The highest BCUT2D eigenvalue weighted by molar-refractivity contribution is 6.31. The number of benzene rings is 2. The first kappa shape index (κ1) is 9.43. The largest absolute Gasteiger partial charge is 0.456 e. The highest BCUT2D eigenvalue weighted by atomic mass is 35.5. The van der Waals surface area contributed by atoms with Crippen LogP contribution in [0.15, 0.2) is 45.6 Å². The maximum Gasteiger partial charge on any atom is 0.200 e. The first-order valence-electron chi connectivity index (χ1n) is 4.78. The van der Waals surface area contributed by atoms with E-state index >= 15 is 0 Å². The Balaban J connectivity index is 2.61. The summed E-state index contributed by atoms with van der Waals surface area (Å²) in [4.78, 5) is 12.1. The highest BCUT2D eigenvalue weighted by Gasteiger charge is 2.06. The summed E-state index contributed by atoms with van der Waals surface area (Å²) in [6, 6.07) is 12.9. The van der Waals surface area contributed by atoms with Crippen molar-refractivity contribution in [2.24, 2.45) is 0 Å². The Labute approximate surface area is 96.1 Å². The van der Waals surface area contributed by atoms with Gasteiger partial charge in [0, 0.05) is 11.1 Å². The Morgan fingerprint density at radius 1 is 1.12 bits per heavy atom. The quantitative estimate of drug-likeness (QED) is 0.553. The molecule has 3 aromatic rings. The van der Waals surface area contributed by atoms with E-state index < -0.39 is 0 Å². The van der Waals surface area contributed by atoms with Crippen LogP contribution in [0.25, 0.3) is 21.9 Å². The van der Waals surface area contributed by atoms with Gasteiger partial charge in [-0.1, -0.05) is 17.7 Å². The Hall–Kier alpha value is -1.80. The molecule has 77 valence electrons. The van der Waals surface area contributed by atoms with Crippen molar-refractivity contribution in [2.75, 3.05) is 0 Å². The minimum atomic E-state index is -0.0511. The molecule has 0 amide bonds. The summed E-state index contributed by atoms with van der Waals surface area (Å²) < 4.78 is 5.60. The monoisotopic (exact) mass is 229 g/mol. The van der Waals surface area contributed by atoms with Crippen LogP contribution in [-0.2, 0) is 0 Å². The van der Waals surface area contributed by atoms with Gasteiger partial charge in [0.1, 0.15) is 11.2 Å². The van der Waals surface area contributed by atoms with Crippen LogP contribution in [0.2, 0.25) is 5.02 Å². The molecule has 1 aromatic heterocycles. The van der Waals surface area contributed by atoms with Gasteiger partial charge < -0.3 is 4.42 Å². The van der Waals surface area contributed by atoms with Crippen LogP contribution in [-0.4, -0.2) is 0 Å². The Kier molecular flexibility index (Phi) is 1.98. The third-order valence-electron chi connectivity index (χ3n) is 2.48. The van der Waals surface area contributed by atoms with Gasteiger partial charge in [-0.15, -0.1) is 0 Å². The summed E-state index contributed by atoms with van der Waals surface area (Å²) in [5.41, 5.74) is 1.01. The first-order chi connectivity index (χ1) is 7.75. The fraction of sp³-hybridized carbons (Fsp3) is 0. The molecular formula is C13H6ClO2. The van der Waals surface area contributed by atoms with Crippen LogP contribution >= 0.6 is 11.6 Å². The Morgan fingerprint density at radius 3 is 2.88 bits per heavy atom. The SMILES string of the molecule is O=c1c2c[c]ccc2oc2cc(Cl)ccc12. The van der Waals surface area contributed by atoms with Gasteiger partial charge in [-0.2, -0.15) is 0 Å². The van der Waals surface area contributed by atoms with Crippen LogP contribution < -0.4 is 5.43 Å². The van der Waals surface area contributed by atoms with Gasteiger partial charge in [-0.3, -0.25) is 4.79 Å². The third-order valence-corrected chi connectivity index (χ3v) is 2.71.